The first-order valence-electron chi connectivity index (χ1n) is 13.6. The molecule has 1 aromatic heterocycles. The molecular formula is C36H27FN2O2. The quantitative estimate of drug-likeness (QED) is 0.242. The molecule has 1 N–H and O–H groups in total. The van der Waals surface area contributed by atoms with Gasteiger partial charge in [-0.05, 0) is 91.2 Å². The minimum Gasteiger partial charge on any atom is -0.453 e. The Morgan fingerprint density at radius 2 is 1.27 bits per heavy atom. The van der Waals surface area contributed by atoms with Crippen molar-refractivity contribution in [1.29, 1.82) is 0 Å². The van der Waals surface area contributed by atoms with Crippen LogP contribution in [0.3, 0.4) is 0 Å². The number of halogens is 1. The molecule has 0 fully saturated rings. The van der Waals surface area contributed by atoms with E-state index < -0.39 is 5.60 Å². The number of benzene rings is 5. The highest BCUT2D eigenvalue weighted by molar-refractivity contribution is 6.05. The highest BCUT2D eigenvalue weighted by atomic mass is 19.1. The molecule has 1 aliphatic rings. The second-order valence-corrected chi connectivity index (χ2v) is 10.7. The van der Waals surface area contributed by atoms with Crippen molar-refractivity contribution in [3.63, 3.8) is 0 Å². The number of fused-ring (bicyclic) bond motifs is 3. The second kappa shape index (κ2) is 9.58. The highest BCUT2D eigenvalue weighted by Gasteiger charge is 2.27. The van der Waals surface area contributed by atoms with Crippen molar-refractivity contribution in [3.05, 3.63) is 133 Å². The SMILES string of the molecule is CC(C)(O)c1ccc(-c2cc(-c3ccc(F)cc3)nc3c(N4c5ccccc5Oc5ccccc54)cccc23)cc1. The molecule has 0 saturated carbocycles. The predicted molar refractivity (Wildman–Crippen MR) is 163 cm³/mol. The first-order chi connectivity index (χ1) is 19.9. The molecule has 0 aliphatic carbocycles. The largest absolute Gasteiger partial charge is 0.453 e. The van der Waals surface area contributed by atoms with Crippen molar-refractivity contribution in [2.45, 2.75) is 19.4 Å². The van der Waals surface area contributed by atoms with Gasteiger partial charge in [0.05, 0.1) is 33.9 Å². The molecule has 2 heterocycles. The Balaban J connectivity index is 1.51. The molecule has 1 aliphatic heterocycles. The lowest BCUT2D eigenvalue weighted by molar-refractivity contribution is 0.0786. The summed E-state index contributed by atoms with van der Waals surface area (Å²) in [6, 6.07) is 38.6. The van der Waals surface area contributed by atoms with Gasteiger partial charge >= 0.3 is 0 Å². The monoisotopic (exact) mass is 538 g/mol. The number of hydrogen-bond acceptors (Lipinski definition) is 4. The van der Waals surface area contributed by atoms with E-state index in [9.17, 15) is 9.50 Å². The highest BCUT2D eigenvalue weighted by Crippen LogP contribution is 2.51. The van der Waals surface area contributed by atoms with Crippen LogP contribution in [0.15, 0.2) is 121 Å². The molecule has 0 bridgehead atoms. The summed E-state index contributed by atoms with van der Waals surface area (Å²) in [6.07, 6.45) is 0. The zero-order chi connectivity index (χ0) is 28.1. The van der Waals surface area contributed by atoms with Crippen LogP contribution in [0.2, 0.25) is 0 Å². The molecule has 41 heavy (non-hydrogen) atoms. The second-order valence-electron chi connectivity index (χ2n) is 10.7. The minimum atomic E-state index is -0.942. The Morgan fingerprint density at radius 1 is 0.683 bits per heavy atom. The van der Waals surface area contributed by atoms with Crippen molar-refractivity contribution in [2.75, 3.05) is 4.90 Å². The number of hydrogen-bond donors (Lipinski definition) is 1. The molecule has 0 amide bonds. The van der Waals surface area contributed by atoms with Crippen LogP contribution in [0, 0.1) is 5.82 Å². The van der Waals surface area contributed by atoms with Gasteiger partial charge in [-0.1, -0.05) is 60.7 Å². The summed E-state index contributed by atoms with van der Waals surface area (Å²) in [5, 5.41) is 11.5. The summed E-state index contributed by atoms with van der Waals surface area (Å²) in [4.78, 5) is 7.39. The van der Waals surface area contributed by atoms with E-state index in [-0.39, 0.29) is 5.82 Å². The summed E-state index contributed by atoms with van der Waals surface area (Å²) in [7, 11) is 0. The summed E-state index contributed by atoms with van der Waals surface area (Å²) in [6.45, 7) is 3.56. The molecular weight excluding hydrogens is 511 g/mol. The summed E-state index contributed by atoms with van der Waals surface area (Å²) >= 11 is 0. The molecule has 0 atom stereocenters. The number of ether oxygens (including phenoxy) is 1. The van der Waals surface area contributed by atoms with Gasteiger partial charge in [0, 0.05) is 10.9 Å². The van der Waals surface area contributed by atoms with Gasteiger partial charge in [0.15, 0.2) is 11.5 Å². The Hall–Kier alpha value is -5.00. The predicted octanol–water partition coefficient (Wildman–Crippen LogP) is 9.51. The van der Waals surface area contributed by atoms with E-state index in [1.807, 2.05) is 78.9 Å². The van der Waals surface area contributed by atoms with E-state index in [2.05, 4.69) is 23.1 Å². The van der Waals surface area contributed by atoms with E-state index >= 15 is 0 Å². The normalized spacial score (nSPS) is 12.5. The van der Waals surface area contributed by atoms with Gasteiger partial charge in [-0.15, -0.1) is 0 Å². The molecule has 0 radical (unpaired) electrons. The van der Waals surface area contributed by atoms with Crippen molar-refractivity contribution in [2.24, 2.45) is 0 Å². The van der Waals surface area contributed by atoms with Crippen molar-refractivity contribution < 1.29 is 14.2 Å². The van der Waals surface area contributed by atoms with Crippen LogP contribution in [0.25, 0.3) is 33.3 Å². The van der Waals surface area contributed by atoms with Crippen molar-refractivity contribution in [3.8, 4) is 33.9 Å². The fourth-order valence-electron chi connectivity index (χ4n) is 5.44. The maximum Gasteiger partial charge on any atom is 0.151 e. The Labute approximate surface area is 237 Å². The fraction of sp³-hybridized carbons (Fsp3) is 0.0833. The fourth-order valence-corrected chi connectivity index (χ4v) is 5.44. The number of pyridine rings is 1. The molecule has 0 unspecified atom stereocenters. The van der Waals surface area contributed by atoms with Crippen LogP contribution in [0.4, 0.5) is 21.5 Å². The molecule has 4 nitrogen and oxygen atoms in total. The smallest absolute Gasteiger partial charge is 0.151 e. The van der Waals surface area contributed by atoms with E-state index in [0.717, 1.165) is 67.4 Å². The van der Waals surface area contributed by atoms with Crippen LogP contribution in [-0.4, -0.2) is 10.1 Å². The standard InChI is InChI=1S/C36H27FN2O2/c1-36(2,40)25-18-14-23(15-19-25)28-22-29(24-16-20-26(37)21-17-24)38-35-27(28)8-7-11-32(35)39-30-9-3-5-12-33(30)41-34-13-6-4-10-31(34)39/h3-22,40H,1-2H3. The molecule has 7 rings (SSSR count). The molecule has 6 aromatic rings. The first kappa shape index (κ1) is 25.0. The van der Waals surface area contributed by atoms with E-state index in [1.54, 1.807) is 26.0 Å². The van der Waals surface area contributed by atoms with E-state index in [0.29, 0.717) is 0 Å². The first-order valence-corrected chi connectivity index (χ1v) is 13.6. The van der Waals surface area contributed by atoms with Crippen molar-refractivity contribution in [1.82, 2.24) is 4.98 Å². The minimum absolute atomic E-state index is 0.292. The van der Waals surface area contributed by atoms with Gasteiger partial charge in [0.1, 0.15) is 5.82 Å². The number of rotatable bonds is 4. The number of nitrogens with zero attached hydrogens (tertiary/aromatic N) is 2. The lowest BCUT2D eigenvalue weighted by atomic mass is 9.93. The van der Waals surface area contributed by atoms with Gasteiger partial charge in [-0.3, -0.25) is 0 Å². The van der Waals surface area contributed by atoms with Crippen LogP contribution in [0.1, 0.15) is 19.4 Å². The van der Waals surface area contributed by atoms with E-state index in [1.165, 1.54) is 12.1 Å². The maximum absolute atomic E-state index is 13.9. The summed E-state index contributed by atoms with van der Waals surface area (Å²) in [5.41, 5.74) is 6.99. The lowest BCUT2D eigenvalue weighted by Gasteiger charge is -2.33. The Bertz CT molecular complexity index is 1860. The van der Waals surface area contributed by atoms with Gasteiger partial charge < -0.3 is 14.7 Å². The zero-order valence-corrected chi connectivity index (χ0v) is 22.7. The van der Waals surface area contributed by atoms with Crippen LogP contribution in [-0.2, 0) is 5.60 Å². The third-order valence-electron chi connectivity index (χ3n) is 7.53. The van der Waals surface area contributed by atoms with Gasteiger partial charge in [-0.2, -0.15) is 0 Å². The van der Waals surface area contributed by atoms with Gasteiger partial charge in [0.25, 0.3) is 0 Å². The number of aromatic nitrogens is 1. The maximum atomic E-state index is 13.9. The Morgan fingerprint density at radius 3 is 1.90 bits per heavy atom. The molecule has 0 spiro atoms. The topological polar surface area (TPSA) is 45.6 Å². The number of aliphatic hydroxyl groups is 1. The number of anilines is 3. The van der Waals surface area contributed by atoms with Crippen LogP contribution in [0.5, 0.6) is 11.5 Å². The Kier molecular flexibility index (Phi) is 5.84. The summed E-state index contributed by atoms with van der Waals surface area (Å²) in [5.74, 6) is 1.24. The molecule has 200 valence electrons. The van der Waals surface area contributed by atoms with Gasteiger partial charge in [0.2, 0.25) is 0 Å². The van der Waals surface area contributed by atoms with E-state index in [4.69, 9.17) is 9.72 Å². The molecule has 5 heteroatoms. The summed E-state index contributed by atoms with van der Waals surface area (Å²) < 4.78 is 20.1. The zero-order valence-electron chi connectivity index (χ0n) is 22.7. The lowest BCUT2D eigenvalue weighted by Crippen LogP contribution is -2.16. The molecule has 0 saturated heterocycles. The van der Waals surface area contributed by atoms with Crippen LogP contribution < -0.4 is 9.64 Å². The van der Waals surface area contributed by atoms with Gasteiger partial charge in [-0.25, -0.2) is 9.37 Å². The average Bonchev–Trinajstić information content (AvgIpc) is 2.99. The van der Waals surface area contributed by atoms with Crippen LogP contribution >= 0.6 is 0 Å². The third kappa shape index (κ3) is 4.41. The molecule has 5 aromatic carbocycles. The number of para-hydroxylation sites is 5. The van der Waals surface area contributed by atoms with Crippen molar-refractivity contribution >= 4 is 28.0 Å². The third-order valence-corrected chi connectivity index (χ3v) is 7.53. The average molecular weight is 539 g/mol.